The molecular weight excluding hydrogens is 226 g/mol. The van der Waals surface area contributed by atoms with Crippen molar-refractivity contribution >= 4 is 11.5 Å². The van der Waals surface area contributed by atoms with Gasteiger partial charge in [-0.3, -0.25) is 4.98 Å². The van der Waals surface area contributed by atoms with Crippen molar-refractivity contribution in [3.63, 3.8) is 0 Å². The average molecular weight is 239 g/mol. The Morgan fingerprint density at radius 3 is 2.83 bits per heavy atom. The first-order valence-electron chi connectivity index (χ1n) is 5.84. The van der Waals surface area contributed by atoms with Gasteiger partial charge in [-0.05, 0) is 18.1 Å². The van der Waals surface area contributed by atoms with Gasteiger partial charge in [0.2, 0.25) is 0 Å². The number of aromatic nitrogens is 4. The van der Waals surface area contributed by atoms with E-state index in [1.807, 2.05) is 29.1 Å². The van der Waals surface area contributed by atoms with Gasteiger partial charge in [0.25, 0.3) is 0 Å². The van der Waals surface area contributed by atoms with Crippen molar-refractivity contribution in [1.29, 1.82) is 0 Å². The van der Waals surface area contributed by atoms with Crippen LogP contribution in [0.25, 0.3) is 5.65 Å². The summed E-state index contributed by atoms with van der Waals surface area (Å²) in [6.45, 7) is 0.811. The average Bonchev–Trinajstić information content (AvgIpc) is 2.89. The van der Waals surface area contributed by atoms with Crippen molar-refractivity contribution in [3.05, 3.63) is 54.9 Å². The maximum atomic E-state index is 4.30. The minimum atomic E-state index is 0.811. The molecule has 5 nitrogen and oxygen atoms in total. The van der Waals surface area contributed by atoms with Crippen LogP contribution >= 0.6 is 0 Å². The van der Waals surface area contributed by atoms with Gasteiger partial charge in [0.1, 0.15) is 0 Å². The number of imidazole rings is 1. The second-order valence-corrected chi connectivity index (χ2v) is 3.97. The summed E-state index contributed by atoms with van der Waals surface area (Å²) in [6.07, 6.45) is 11.9. The Kier molecular flexibility index (Phi) is 2.87. The quantitative estimate of drug-likeness (QED) is 0.754. The Labute approximate surface area is 105 Å². The zero-order chi connectivity index (χ0) is 12.2. The molecule has 5 heteroatoms. The molecule has 0 atom stereocenters. The predicted molar refractivity (Wildman–Crippen MR) is 69.4 cm³/mol. The van der Waals surface area contributed by atoms with Crippen molar-refractivity contribution < 1.29 is 0 Å². The van der Waals surface area contributed by atoms with Crippen LogP contribution in [-0.2, 0) is 6.42 Å². The number of hydrogen-bond acceptors (Lipinski definition) is 4. The maximum Gasteiger partial charge on any atom is 0.180 e. The van der Waals surface area contributed by atoms with Gasteiger partial charge in [-0.1, -0.05) is 6.07 Å². The third-order valence-electron chi connectivity index (χ3n) is 2.74. The molecule has 3 aromatic rings. The van der Waals surface area contributed by atoms with E-state index < -0.39 is 0 Å². The molecule has 90 valence electrons. The molecule has 0 spiro atoms. The number of nitrogens with one attached hydrogen (secondary N) is 1. The summed E-state index contributed by atoms with van der Waals surface area (Å²) in [5.41, 5.74) is 2.06. The Morgan fingerprint density at radius 2 is 2.00 bits per heavy atom. The highest BCUT2D eigenvalue weighted by Crippen LogP contribution is 2.10. The highest BCUT2D eigenvalue weighted by molar-refractivity contribution is 5.62. The van der Waals surface area contributed by atoms with Gasteiger partial charge in [0.05, 0.1) is 0 Å². The van der Waals surface area contributed by atoms with Gasteiger partial charge < -0.3 is 9.72 Å². The van der Waals surface area contributed by atoms with Crippen molar-refractivity contribution in [2.45, 2.75) is 6.42 Å². The molecule has 0 aliphatic carbocycles. The fourth-order valence-electron chi connectivity index (χ4n) is 1.85. The van der Waals surface area contributed by atoms with E-state index in [4.69, 9.17) is 0 Å². The van der Waals surface area contributed by atoms with Crippen molar-refractivity contribution in [1.82, 2.24) is 19.4 Å². The molecule has 0 saturated heterocycles. The van der Waals surface area contributed by atoms with Crippen molar-refractivity contribution in [3.8, 4) is 0 Å². The van der Waals surface area contributed by atoms with E-state index in [0.29, 0.717) is 0 Å². The second kappa shape index (κ2) is 4.83. The highest BCUT2D eigenvalue weighted by Gasteiger charge is 2.02. The number of fused-ring (bicyclic) bond motifs is 1. The third kappa shape index (κ3) is 2.15. The van der Waals surface area contributed by atoms with Gasteiger partial charge in [-0.25, -0.2) is 9.97 Å². The number of hydrogen-bond donors (Lipinski definition) is 1. The molecule has 3 rings (SSSR count). The molecule has 3 heterocycles. The number of rotatable bonds is 4. The lowest BCUT2D eigenvalue weighted by Crippen LogP contribution is -2.07. The number of nitrogens with zero attached hydrogens (tertiary/aromatic N) is 4. The molecule has 0 aliphatic heterocycles. The van der Waals surface area contributed by atoms with Gasteiger partial charge in [0, 0.05) is 43.7 Å². The highest BCUT2D eigenvalue weighted by atomic mass is 15.1. The van der Waals surface area contributed by atoms with Gasteiger partial charge in [0.15, 0.2) is 11.5 Å². The molecule has 3 aromatic heterocycles. The molecule has 0 saturated carbocycles. The van der Waals surface area contributed by atoms with E-state index in [1.54, 1.807) is 18.6 Å². The van der Waals surface area contributed by atoms with Crippen LogP contribution in [0, 0.1) is 0 Å². The molecule has 0 fully saturated rings. The van der Waals surface area contributed by atoms with Gasteiger partial charge in [-0.2, -0.15) is 0 Å². The Balaban J connectivity index is 1.68. The number of pyridine rings is 1. The minimum absolute atomic E-state index is 0.811. The first-order chi connectivity index (χ1) is 8.93. The Bertz CT molecular complexity index is 632. The molecule has 0 aliphatic rings. The molecule has 1 N–H and O–H groups in total. The zero-order valence-electron chi connectivity index (χ0n) is 9.82. The van der Waals surface area contributed by atoms with Crippen LogP contribution in [-0.4, -0.2) is 25.9 Å². The predicted octanol–water partition coefficient (Wildman–Crippen LogP) is 1.78. The van der Waals surface area contributed by atoms with E-state index in [9.17, 15) is 0 Å². The monoisotopic (exact) mass is 239 g/mol. The van der Waals surface area contributed by atoms with E-state index in [-0.39, 0.29) is 0 Å². The lowest BCUT2D eigenvalue weighted by Gasteiger charge is -2.06. The largest absolute Gasteiger partial charge is 0.367 e. The fraction of sp³-hybridized carbons (Fsp3) is 0.154. The molecule has 0 unspecified atom stereocenters. The van der Waals surface area contributed by atoms with E-state index in [0.717, 1.165) is 24.4 Å². The lowest BCUT2D eigenvalue weighted by molar-refractivity contribution is 0.987. The van der Waals surface area contributed by atoms with Crippen molar-refractivity contribution in [2.75, 3.05) is 11.9 Å². The first kappa shape index (κ1) is 10.7. The molecule has 0 amide bonds. The first-order valence-corrected chi connectivity index (χ1v) is 5.84. The summed E-state index contributed by atoms with van der Waals surface area (Å²) in [5, 5.41) is 3.30. The Hall–Kier alpha value is -2.43. The summed E-state index contributed by atoms with van der Waals surface area (Å²) in [5.74, 6) is 0.811. The second-order valence-electron chi connectivity index (χ2n) is 3.97. The minimum Gasteiger partial charge on any atom is -0.367 e. The van der Waals surface area contributed by atoms with Gasteiger partial charge in [-0.15, -0.1) is 0 Å². The molecular formula is C13H13N5. The van der Waals surface area contributed by atoms with Crippen molar-refractivity contribution in [2.24, 2.45) is 0 Å². The normalized spacial score (nSPS) is 10.7. The van der Waals surface area contributed by atoms with E-state index in [2.05, 4.69) is 26.3 Å². The molecule has 18 heavy (non-hydrogen) atoms. The van der Waals surface area contributed by atoms with Crippen LogP contribution in [0.4, 0.5) is 5.82 Å². The topological polar surface area (TPSA) is 55.1 Å². The lowest BCUT2D eigenvalue weighted by atomic mass is 10.2. The zero-order valence-corrected chi connectivity index (χ0v) is 9.82. The smallest absolute Gasteiger partial charge is 0.180 e. The summed E-state index contributed by atoms with van der Waals surface area (Å²) in [6, 6.07) is 4.01. The summed E-state index contributed by atoms with van der Waals surface area (Å²) >= 11 is 0. The van der Waals surface area contributed by atoms with Crippen LogP contribution in [0.2, 0.25) is 0 Å². The summed E-state index contributed by atoms with van der Waals surface area (Å²) < 4.78 is 1.94. The van der Waals surface area contributed by atoms with E-state index in [1.165, 1.54) is 5.56 Å². The summed E-state index contributed by atoms with van der Waals surface area (Å²) in [4.78, 5) is 12.7. The SMILES string of the molecule is c1cncc(CCNc2nccn3ccnc23)c1. The molecule has 0 aromatic carbocycles. The third-order valence-corrected chi connectivity index (χ3v) is 2.74. The Morgan fingerprint density at radius 1 is 1.11 bits per heavy atom. The van der Waals surface area contributed by atoms with Crippen LogP contribution in [0.3, 0.4) is 0 Å². The van der Waals surface area contributed by atoms with E-state index >= 15 is 0 Å². The van der Waals surface area contributed by atoms with Crippen LogP contribution in [0.5, 0.6) is 0 Å². The van der Waals surface area contributed by atoms with Crippen LogP contribution < -0.4 is 5.32 Å². The maximum absolute atomic E-state index is 4.30. The fourth-order valence-corrected chi connectivity index (χ4v) is 1.85. The van der Waals surface area contributed by atoms with Crippen LogP contribution in [0.1, 0.15) is 5.56 Å². The summed E-state index contributed by atoms with van der Waals surface area (Å²) in [7, 11) is 0. The van der Waals surface area contributed by atoms with Gasteiger partial charge >= 0.3 is 0 Å². The van der Waals surface area contributed by atoms with Crippen LogP contribution in [0.15, 0.2) is 49.3 Å². The molecule has 0 radical (unpaired) electrons. The molecule has 0 bridgehead atoms. The standard InChI is InChI=1S/C13H13N5/c1-2-11(10-14-4-1)3-5-15-12-13-17-7-9-18(13)8-6-16-12/h1-2,4,6-10H,3,5H2,(H,15,16). The number of anilines is 1.